The molecule has 76 heavy (non-hydrogen) atoms. The molecule has 0 saturated heterocycles. The maximum atomic E-state index is 2.52. The first-order valence-corrected chi connectivity index (χ1v) is 26.7. The number of benzene rings is 12. The van der Waals surface area contributed by atoms with Gasteiger partial charge in [-0.2, -0.15) is 0 Å². The van der Waals surface area contributed by atoms with Crippen LogP contribution in [0.2, 0.25) is 0 Å². The predicted molar refractivity (Wildman–Crippen MR) is 312 cm³/mol. The van der Waals surface area contributed by atoms with Gasteiger partial charge in [0, 0.05) is 17.1 Å². The average Bonchev–Trinajstić information content (AvgIpc) is 4.39. The normalized spacial score (nSPS) is 14.6. The third-order valence-corrected chi connectivity index (χ3v) is 17.7. The predicted octanol–water partition coefficient (Wildman–Crippen LogP) is 18.2. The van der Waals surface area contributed by atoms with Crippen molar-refractivity contribution >= 4 is 17.1 Å². The van der Waals surface area contributed by atoms with Crippen LogP contribution < -0.4 is 4.90 Å². The molecule has 1 heteroatoms. The van der Waals surface area contributed by atoms with Crippen molar-refractivity contribution in [3.63, 3.8) is 0 Å². The number of rotatable bonds is 7. The molecule has 0 aromatic heterocycles. The molecule has 0 amide bonds. The number of hydrogen-bond acceptors (Lipinski definition) is 1. The highest BCUT2D eigenvalue weighted by atomic mass is 15.1. The molecule has 0 radical (unpaired) electrons. The summed E-state index contributed by atoms with van der Waals surface area (Å²) in [5.41, 5.74) is 27.6. The van der Waals surface area contributed by atoms with Gasteiger partial charge in [-0.05, 0) is 148 Å². The Morgan fingerprint density at radius 2 is 0.447 bits per heavy atom. The third kappa shape index (κ3) is 5.54. The van der Waals surface area contributed by atoms with E-state index in [1.807, 2.05) is 0 Å². The monoisotopic (exact) mass is 963 g/mol. The molecule has 0 heterocycles. The van der Waals surface area contributed by atoms with E-state index in [1.54, 1.807) is 0 Å². The fourth-order valence-electron chi connectivity index (χ4n) is 14.8. The minimum absolute atomic E-state index is 0.488. The Balaban J connectivity index is 0.950. The van der Waals surface area contributed by atoms with Gasteiger partial charge in [0.15, 0.2) is 0 Å². The van der Waals surface area contributed by atoms with Gasteiger partial charge in [0.25, 0.3) is 0 Å². The summed E-state index contributed by atoms with van der Waals surface area (Å²) in [6, 6.07) is 112. The topological polar surface area (TPSA) is 3.24 Å². The molecule has 0 saturated carbocycles. The van der Waals surface area contributed by atoms with E-state index in [4.69, 9.17) is 0 Å². The van der Waals surface area contributed by atoms with Crippen LogP contribution in [0.15, 0.2) is 297 Å². The first-order chi connectivity index (χ1) is 37.7. The summed E-state index contributed by atoms with van der Waals surface area (Å²) in [4.78, 5) is 2.52. The zero-order valence-electron chi connectivity index (χ0n) is 41.7. The zero-order valence-corrected chi connectivity index (χ0v) is 41.7. The summed E-state index contributed by atoms with van der Waals surface area (Å²) in [6.07, 6.45) is 0. The molecule has 0 aliphatic heterocycles. The van der Waals surface area contributed by atoms with Crippen molar-refractivity contribution in [3.05, 3.63) is 364 Å². The molecule has 0 fully saturated rings. The van der Waals surface area contributed by atoms with Gasteiger partial charge >= 0.3 is 0 Å². The Labute approximate surface area is 444 Å². The number of nitrogens with zero attached hydrogens (tertiary/aromatic N) is 1. The Kier molecular flexibility index (Phi) is 9.15. The fraction of sp³-hybridized carbons (Fsp3) is 0.0400. The van der Waals surface area contributed by atoms with Crippen LogP contribution in [0.3, 0.4) is 0 Å². The zero-order chi connectivity index (χ0) is 50.0. The van der Waals surface area contributed by atoms with Crippen LogP contribution in [0.1, 0.15) is 66.8 Å². The van der Waals surface area contributed by atoms with Crippen LogP contribution in [0, 0.1) is 0 Å². The lowest BCUT2D eigenvalue weighted by atomic mass is 9.67. The van der Waals surface area contributed by atoms with Crippen molar-refractivity contribution in [1.29, 1.82) is 0 Å². The van der Waals surface area contributed by atoms with Crippen LogP contribution in [-0.4, -0.2) is 0 Å². The molecule has 354 valence electrons. The van der Waals surface area contributed by atoms with Crippen LogP contribution in [0.5, 0.6) is 0 Å². The summed E-state index contributed by atoms with van der Waals surface area (Å²) in [6.45, 7) is 0. The van der Waals surface area contributed by atoms with Crippen molar-refractivity contribution in [2.75, 3.05) is 4.90 Å². The van der Waals surface area contributed by atoms with Crippen LogP contribution in [0.25, 0.3) is 44.5 Å². The molecule has 0 N–H and O–H groups in total. The molecule has 1 nitrogen and oxygen atoms in total. The van der Waals surface area contributed by atoms with Crippen LogP contribution in [-0.2, 0) is 16.2 Å². The molecule has 16 rings (SSSR count). The summed E-state index contributed by atoms with van der Waals surface area (Å²) >= 11 is 0. The van der Waals surface area contributed by atoms with E-state index in [0.717, 1.165) is 17.1 Å². The second-order valence-corrected chi connectivity index (χ2v) is 21.0. The molecule has 0 bridgehead atoms. The number of hydrogen-bond donors (Lipinski definition) is 0. The van der Waals surface area contributed by atoms with E-state index in [2.05, 4.69) is 302 Å². The summed E-state index contributed by atoms with van der Waals surface area (Å²) in [5, 5.41) is 0. The summed E-state index contributed by atoms with van der Waals surface area (Å²) < 4.78 is 0. The van der Waals surface area contributed by atoms with E-state index in [9.17, 15) is 0 Å². The SMILES string of the molecule is c1ccc(C2(c3ccc(N(c4ccc5c(c4)-c4ccccc4C5(c4ccccc4)c4ccccc4)c4ccc5c(c4)C4(c6ccccc6-c6ccccc64)c4ccccc4-5)cc3)c3ccccc3-c3ccccc32)cc1. The fourth-order valence-corrected chi connectivity index (χ4v) is 14.8. The lowest BCUT2D eigenvalue weighted by molar-refractivity contribution is 0.768. The van der Waals surface area contributed by atoms with E-state index < -0.39 is 16.2 Å². The Morgan fingerprint density at radius 3 is 0.855 bits per heavy atom. The standard InChI is InChI=1S/C75H49N/c1-4-22-50(23-5-1)73(51-24-6-2-7-25-51)67-36-18-15-33-62(67)64-48-55(45-47-71(64)73)76(54-42-40-53(41-43-54)74(52-26-8-3-9-27-52)65-34-16-10-28-57(65)58-29-11-17-35-66(58)74)56-44-46-63-61-32-14-21-39-70(61)75(72(63)49-56)68-37-19-12-30-59(68)60-31-13-20-38-69(60)75/h1-49H. The van der Waals surface area contributed by atoms with E-state index in [1.165, 1.54) is 111 Å². The van der Waals surface area contributed by atoms with Gasteiger partial charge < -0.3 is 4.90 Å². The number of fused-ring (bicyclic) bond motifs is 16. The molecule has 12 aromatic rings. The van der Waals surface area contributed by atoms with E-state index in [-0.39, 0.29) is 0 Å². The van der Waals surface area contributed by atoms with Gasteiger partial charge in [0.2, 0.25) is 0 Å². The molecule has 0 atom stereocenters. The van der Waals surface area contributed by atoms with Crippen LogP contribution >= 0.6 is 0 Å². The lowest BCUT2D eigenvalue weighted by Crippen LogP contribution is -2.28. The van der Waals surface area contributed by atoms with Crippen molar-refractivity contribution < 1.29 is 0 Å². The van der Waals surface area contributed by atoms with Crippen molar-refractivity contribution in [2.45, 2.75) is 16.2 Å². The van der Waals surface area contributed by atoms with Crippen LogP contribution in [0.4, 0.5) is 17.1 Å². The van der Waals surface area contributed by atoms with Gasteiger partial charge in [0.05, 0.1) is 16.2 Å². The molecule has 12 aromatic carbocycles. The third-order valence-electron chi connectivity index (χ3n) is 17.7. The van der Waals surface area contributed by atoms with Crippen molar-refractivity contribution in [1.82, 2.24) is 0 Å². The quantitative estimate of drug-likeness (QED) is 0.154. The average molecular weight is 964 g/mol. The minimum Gasteiger partial charge on any atom is -0.310 e. The first kappa shape index (κ1) is 42.9. The smallest absolute Gasteiger partial charge is 0.0726 e. The molecular formula is C75H49N. The second-order valence-electron chi connectivity index (χ2n) is 21.0. The largest absolute Gasteiger partial charge is 0.310 e. The van der Waals surface area contributed by atoms with Gasteiger partial charge in [0.1, 0.15) is 0 Å². The molecule has 0 unspecified atom stereocenters. The molecule has 4 aliphatic carbocycles. The maximum absolute atomic E-state index is 2.52. The summed E-state index contributed by atoms with van der Waals surface area (Å²) in [5.74, 6) is 0. The molecule has 1 spiro atoms. The summed E-state index contributed by atoms with van der Waals surface area (Å²) in [7, 11) is 0. The Hall–Kier alpha value is -9.56. The Morgan fingerprint density at radius 1 is 0.171 bits per heavy atom. The van der Waals surface area contributed by atoms with Gasteiger partial charge in [-0.1, -0.05) is 261 Å². The Bertz CT molecular complexity index is 4130. The van der Waals surface area contributed by atoms with Gasteiger partial charge in [-0.25, -0.2) is 0 Å². The number of anilines is 3. The highest BCUT2D eigenvalue weighted by Crippen LogP contribution is 2.64. The molecule has 4 aliphatic rings. The second kappa shape index (κ2) is 16.2. The molecular weight excluding hydrogens is 915 g/mol. The van der Waals surface area contributed by atoms with E-state index in [0.29, 0.717) is 0 Å². The van der Waals surface area contributed by atoms with Gasteiger partial charge in [-0.15, -0.1) is 0 Å². The first-order valence-electron chi connectivity index (χ1n) is 26.7. The maximum Gasteiger partial charge on any atom is 0.0726 e. The van der Waals surface area contributed by atoms with Crippen molar-refractivity contribution in [3.8, 4) is 44.5 Å². The van der Waals surface area contributed by atoms with Crippen molar-refractivity contribution in [2.24, 2.45) is 0 Å². The van der Waals surface area contributed by atoms with E-state index >= 15 is 0 Å². The lowest BCUT2D eigenvalue weighted by Gasteiger charge is -2.35. The highest BCUT2D eigenvalue weighted by molar-refractivity contribution is 5.97. The minimum atomic E-state index is -0.512. The highest BCUT2D eigenvalue weighted by Gasteiger charge is 2.52. The van der Waals surface area contributed by atoms with Gasteiger partial charge in [-0.3, -0.25) is 0 Å².